The lowest BCUT2D eigenvalue weighted by atomic mass is 9.80. The Bertz CT molecular complexity index is 483. The predicted octanol–water partition coefficient (Wildman–Crippen LogP) is 1.77. The Morgan fingerprint density at radius 2 is 2.19 bits per heavy atom. The van der Waals surface area contributed by atoms with Crippen molar-refractivity contribution in [3.63, 3.8) is 0 Å². The molecule has 2 amide bonds. The van der Waals surface area contributed by atoms with Gasteiger partial charge in [0.25, 0.3) is 0 Å². The van der Waals surface area contributed by atoms with Crippen molar-refractivity contribution in [2.45, 2.75) is 19.4 Å². The van der Waals surface area contributed by atoms with Crippen molar-refractivity contribution in [3.05, 3.63) is 22.4 Å². The molecular formula is C14H20N2O4S. The number of nitrogens with one attached hydrogen (secondary N) is 1. The third-order valence-electron chi connectivity index (χ3n) is 3.83. The number of carbonyl (C=O) groups excluding carboxylic acids is 1. The topological polar surface area (TPSA) is 78.9 Å². The highest BCUT2D eigenvalue weighted by Gasteiger charge is 2.40. The molecule has 21 heavy (non-hydrogen) atoms. The van der Waals surface area contributed by atoms with E-state index < -0.39 is 11.4 Å². The lowest BCUT2D eigenvalue weighted by Gasteiger charge is -2.33. The number of carbonyl (C=O) groups is 2. The molecule has 0 unspecified atom stereocenters. The van der Waals surface area contributed by atoms with E-state index in [-0.39, 0.29) is 12.6 Å². The van der Waals surface area contributed by atoms with Gasteiger partial charge in [-0.15, -0.1) is 0 Å². The van der Waals surface area contributed by atoms with Crippen molar-refractivity contribution in [1.82, 2.24) is 10.2 Å². The number of amides is 2. The molecule has 0 saturated carbocycles. The van der Waals surface area contributed by atoms with Crippen LogP contribution >= 0.6 is 11.3 Å². The van der Waals surface area contributed by atoms with E-state index in [0.717, 1.165) is 5.56 Å². The number of carboxylic acid groups (broad SMARTS) is 1. The molecule has 7 heteroatoms. The summed E-state index contributed by atoms with van der Waals surface area (Å²) in [5, 5.41) is 16.1. The molecule has 2 rings (SSSR count). The quantitative estimate of drug-likeness (QED) is 0.868. The molecule has 0 bridgehead atoms. The van der Waals surface area contributed by atoms with Crippen molar-refractivity contribution in [2.75, 3.05) is 26.8 Å². The van der Waals surface area contributed by atoms with Crippen molar-refractivity contribution < 1.29 is 19.4 Å². The molecule has 0 atom stereocenters. The van der Waals surface area contributed by atoms with Crippen LogP contribution in [0.4, 0.5) is 4.79 Å². The van der Waals surface area contributed by atoms with Crippen LogP contribution in [-0.2, 0) is 16.1 Å². The number of carboxylic acids is 1. The molecule has 1 aliphatic rings. The minimum atomic E-state index is -0.906. The van der Waals surface area contributed by atoms with Crippen LogP contribution in [0, 0.1) is 5.41 Å². The summed E-state index contributed by atoms with van der Waals surface area (Å²) >= 11 is 1.58. The van der Waals surface area contributed by atoms with Gasteiger partial charge in [-0.3, -0.25) is 4.79 Å². The number of nitrogens with zero attached hydrogens (tertiary/aromatic N) is 1. The molecule has 1 aromatic heterocycles. The standard InChI is InChI=1S/C14H20N2O4S/c1-16(8-11-2-7-21-9-11)13(19)15-10-14(12(17)18)3-5-20-6-4-14/h2,7,9H,3-6,8,10H2,1H3,(H,15,19)(H,17,18). The molecular weight excluding hydrogens is 292 g/mol. The molecule has 1 aromatic rings. The minimum absolute atomic E-state index is 0.137. The van der Waals surface area contributed by atoms with Crippen molar-refractivity contribution in [1.29, 1.82) is 0 Å². The van der Waals surface area contributed by atoms with E-state index in [1.807, 2.05) is 16.8 Å². The maximum atomic E-state index is 12.1. The normalized spacial score (nSPS) is 17.2. The molecule has 2 heterocycles. The molecule has 1 fully saturated rings. The lowest BCUT2D eigenvalue weighted by Crippen LogP contribution is -2.49. The van der Waals surface area contributed by atoms with Gasteiger partial charge in [-0.1, -0.05) is 0 Å². The van der Waals surface area contributed by atoms with E-state index in [4.69, 9.17) is 4.74 Å². The summed E-state index contributed by atoms with van der Waals surface area (Å²) in [4.78, 5) is 25.1. The fraction of sp³-hybridized carbons (Fsp3) is 0.571. The lowest BCUT2D eigenvalue weighted by molar-refractivity contribution is -0.154. The fourth-order valence-corrected chi connectivity index (χ4v) is 3.00. The number of hydrogen-bond donors (Lipinski definition) is 2. The molecule has 116 valence electrons. The Kier molecular flexibility index (Phi) is 5.19. The Morgan fingerprint density at radius 1 is 1.48 bits per heavy atom. The zero-order chi connectivity index (χ0) is 15.3. The van der Waals surface area contributed by atoms with Crippen LogP contribution in [0.1, 0.15) is 18.4 Å². The van der Waals surface area contributed by atoms with Crippen LogP contribution in [-0.4, -0.2) is 48.8 Å². The molecule has 1 saturated heterocycles. The van der Waals surface area contributed by atoms with Crippen LogP contribution in [0.25, 0.3) is 0 Å². The number of thiophene rings is 1. The zero-order valence-electron chi connectivity index (χ0n) is 12.0. The first kappa shape index (κ1) is 15.8. The Morgan fingerprint density at radius 3 is 2.76 bits per heavy atom. The average molecular weight is 312 g/mol. The van der Waals surface area contributed by atoms with Gasteiger partial charge < -0.3 is 20.1 Å². The summed E-state index contributed by atoms with van der Waals surface area (Å²) in [5.41, 5.74) is 0.161. The SMILES string of the molecule is CN(Cc1ccsc1)C(=O)NCC1(C(=O)O)CCOCC1. The van der Waals surface area contributed by atoms with Gasteiger partial charge in [0.1, 0.15) is 0 Å². The van der Waals surface area contributed by atoms with Crippen LogP contribution in [0.15, 0.2) is 16.8 Å². The number of aliphatic carboxylic acids is 1. The van der Waals surface area contributed by atoms with Gasteiger partial charge in [-0.2, -0.15) is 11.3 Å². The highest BCUT2D eigenvalue weighted by Crippen LogP contribution is 2.30. The average Bonchev–Trinajstić information content (AvgIpc) is 2.98. The van der Waals surface area contributed by atoms with Gasteiger partial charge in [-0.25, -0.2) is 4.79 Å². The first-order valence-electron chi connectivity index (χ1n) is 6.85. The minimum Gasteiger partial charge on any atom is -0.481 e. The van der Waals surface area contributed by atoms with Crippen molar-refractivity contribution >= 4 is 23.3 Å². The van der Waals surface area contributed by atoms with Gasteiger partial charge in [0.2, 0.25) is 0 Å². The van der Waals surface area contributed by atoms with E-state index in [0.29, 0.717) is 32.6 Å². The van der Waals surface area contributed by atoms with E-state index >= 15 is 0 Å². The van der Waals surface area contributed by atoms with E-state index in [9.17, 15) is 14.7 Å². The summed E-state index contributed by atoms with van der Waals surface area (Å²) in [6.07, 6.45) is 0.855. The summed E-state index contributed by atoms with van der Waals surface area (Å²) in [6.45, 7) is 1.50. The smallest absolute Gasteiger partial charge is 0.317 e. The monoisotopic (exact) mass is 312 g/mol. The summed E-state index contributed by atoms with van der Waals surface area (Å²) in [7, 11) is 1.70. The molecule has 0 radical (unpaired) electrons. The number of hydrogen-bond acceptors (Lipinski definition) is 4. The van der Waals surface area contributed by atoms with E-state index in [2.05, 4.69) is 5.32 Å². The largest absolute Gasteiger partial charge is 0.481 e. The summed E-state index contributed by atoms with van der Waals surface area (Å²) in [5.74, 6) is -0.869. The van der Waals surface area contributed by atoms with Gasteiger partial charge >= 0.3 is 12.0 Å². The second-order valence-corrected chi connectivity index (χ2v) is 6.12. The third-order valence-corrected chi connectivity index (χ3v) is 4.56. The first-order chi connectivity index (χ1) is 10.0. The van der Waals surface area contributed by atoms with Crippen molar-refractivity contribution in [3.8, 4) is 0 Å². The maximum absolute atomic E-state index is 12.1. The van der Waals surface area contributed by atoms with E-state index in [1.165, 1.54) is 0 Å². The molecule has 0 spiro atoms. The number of rotatable bonds is 5. The fourth-order valence-electron chi connectivity index (χ4n) is 2.34. The van der Waals surface area contributed by atoms with Gasteiger partial charge in [-0.05, 0) is 35.2 Å². The molecule has 2 N–H and O–H groups in total. The summed E-state index contributed by atoms with van der Waals surface area (Å²) in [6, 6.07) is 1.71. The molecule has 6 nitrogen and oxygen atoms in total. The van der Waals surface area contributed by atoms with Crippen molar-refractivity contribution in [2.24, 2.45) is 5.41 Å². The van der Waals surface area contributed by atoms with Crippen LogP contribution < -0.4 is 5.32 Å². The predicted molar refractivity (Wildman–Crippen MR) is 79.3 cm³/mol. The van der Waals surface area contributed by atoms with Gasteiger partial charge in [0, 0.05) is 33.4 Å². The second-order valence-electron chi connectivity index (χ2n) is 5.34. The molecule has 1 aliphatic heterocycles. The number of urea groups is 1. The summed E-state index contributed by atoms with van der Waals surface area (Å²) < 4.78 is 5.21. The van der Waals surface area contributed by atoms with Crippen LogP contribution in [0.3, 0.4) is 0 Å². The highest BCUT2D eigenvalue weighted by molar-refractivity contribution is 7.07. The maximum Gasteiger partial charge on any atom is 0.317 e. The zero-order valence-corrected chi connectivity index (χ0v) is 12.8. The first-order valence-corrected chi connectivity index (χ1v) is 7.79. The Labute approximate surface area is 127 Å². The molecule has 0 aromatic carbocycles. The third kappa shape index (κ3) is 3.95. The van der Waals surface area contributed by atoms with E-state index in [1.54, 1.807) is 23.3 Å². The Hall–Kier alpha value is -1.60. The second kappa shape index (κ2) is 6.91. The number of ether oxygens (including phenoxy) is 1. The van der Waals surface area contributed by atoms with Gasteiger partial charge in [0.05, 0.1) is 5.41 Å². The molecule has 0 aliphatic carbocycles. The van der Waals surface area contributed by atoms with Crippen LogP contribution in [0.5, 0.6) is 0 Å². The highest BCUT2D eigenvalue weighted by atomic mass is 32.1. The van der Waals surface area contributed by atoms with Gasteiger partial charge in [0.15, 0.2) is 0 Å². The Balaban J connectivity index is 1.88. The van der Waals surface area contributed by atoms with Crippen LogP contribution in [0.2, 0.25) is 0 Å².